The number of nitrogens with two attached hydrogens (primary N) is 1. The Bertz CT molecular complexity index is 567. The third kappa shape index (κ3) is 2.77. The molecule has 0 bridgehead atoms. The predicted octanol–water partition coefficient (Wildman–Crippen LogP) is 3.39. The Kier molecular flexibility index (Phi) is 3.86. The lowest BCUT2D eigenvalue weighted by molar-refractivity contribution is 0.0649. The molecule has 0 heterocycles. The van der Waals surface area contributed by atoms with Crippen molar-refractivity contribution in [2.45, 2.75) is 31.4 Å². The lowest BCUT2D eigenvalue weighted by Crippen LogP contribution is -2.44. The number of rotatable bonds is 4. The van der Waals surface area contributed by atoms with Gasteiger partial charge >= 0.3 is 0 Å². The van der Waals surface area contributed by atoms with Gasteiger partial charge in [0.2, 0.25) is 0 Å². The zero-order valence-electron chi connectivity index (χ0n) is 11.7. The van der Waals surface area contributed by atoms with Crippen molar-refractivity contribution in [3.8, 4) is 0 Å². The quantitative estimate of drug-likeness (QED) is 0.921. The molecule has 20 heavy (non-hydrogen) atoms. The van der Waals surface area contributed by atoms with Gasteiger partial charge in [0.05, 0.1) is 18.8 Å². The number of ether oxygens (including phenoxy) is 1. The van der Waals surface area contributed by atoms with Crippen molar-refractivity contribution in [1.29, 1.82) is 0 Å². The fraction of sp³-hybridized carbons (Fsp3) is 0.333. The Balaban J connectivity index is 1.68. The molecule has 0 spiro atoms. The molecule has 0 radical (unpaired) electrons. The van der Waals surface area contributed by atoms with E-state index >= 15 is 0 Å². The minimum Gasteiger partial charge on any atom is -0.375 e. The molecule has 0 aliphatic heterocycles. The summed E-state index contributed by atoms with van der Waals surface area (Å²) in [6.07, 6.45) is 3.27. The summed E-state index contributed by atoms with van der Waals surface area (Å²) >= 11 is 0. The zero-order chi connectivity index (χ0) is 13.8. The first-order chi connectivity index (χ1) is 9.78. The van der Waals surface area contributed by atoms with Crippen molar-refractivity contribution >= 4 is 0 Å². The molecule has 2 nitrogen and oxygen atoms in total. The summed E-state index contributed by atoms with van der Waals surface area (Å²) in [6, 6.07) is 18.8. The molecule has 1 aliphatic rings. The van der Waals surface area contributed by atoms with Gasteiger partial charge in [-0.1, -0.05) is 54.6 Å². The van der Waals surface area contributed by atoms with E-state index in [2.05, 4.69) is 36.4 Å². The predicted molar refractivity (Wildman–Crippen MR) is 81.3 cm³/mol. The molecule has 2 N–H and O–H groups in total. The zero-order valence-corrected chi connectivity index (χ0v) is 11.7. The van der Waals surface area contributed by atoms with Crippen LogP contribution in [0.5, 0.6) is 0 Å². The summed E-state index contributed by atoms with van der Waals surface area (Å²) in [5, 5.41) is 0. The monoisotopic (exact) mass is 267 g/mol. The Morgan fingerprint density at radius 1 is 1.00 bits per heavy atom. The topological polar surface area (TPSA) is 35.2 Å². The molecule has 2 aromatic carbocycles. The highest BCUT2D eigenvalue weighted by Gasteiger charge is 2.32. The summed E-state index contributed by atoms with van der Waals surface area (Å²) in [5.41, 5.74) is 10.1. The average molecular weight is 267 g/mol. The van der Waals surface area contributed by atoms with Crippen molar-refractivity contribution in [1.82, 2.24) is 0 Å². The lowest BCUT2D eigenvalue weighted by atomic mass is 9.78. The molecule has 3 rings (SSSR count). The van der Waals surface area contributed by atoms with Gasteiger partial charge in [0.15, 0.2) is 0 Å². The van der Waals surface area contributed by atoms with Crippen LogP contribution in [0, 0.1) is 0 Å². The number of fused-ring (bicyclic) bond motifs is 1. The van der Waals surface area contributed by atoms with Gasteiger partial charge in [0.25, 0.3) is 0 Å². The molecule has 0 saturated heterocycles. The Labute approximate surface area is 120 Å². The van der Waals surface area contributed by atoms with Gasteiger partial charge in [-0.3, -0.25) is 0 Å². The maximum absolute atomic E-state index is 6.61. The highest BCUT2D eigenvalue weighted by molar-refractivity contribution is 5.36. The molecule has 2 heteroatoms. The van der Waals surface area contributed by atoms with Gasteiger partial charge in [-0.15, -0.1) is 0 Å². The fourth-order valence-corrected chi connectivity index (χ4v) is 3.03. The second kappa shape index (κ2) is 5.78. The first-order valence-corrected chi connectivity index (χ1v) is 7.27. The van der Waals surface area contributed by atoms with Crippen LogP contribution >= 0.6 is 0 Å². The second-order valence-corrected chi connectivity index (χ2v) is 5.65. The molecule has 104 valence electrons. The average Bonchev–Trinajstić information content (AvgIpc) is 2.49. The van der Waals surface area contributed by atoms with Crippen molar-refractivity contribution in [2.24, 2.45) is 5.73 Å². The molecule has 1 unspecified atom stereocenters. The van der Waals surface area contributed by atoms with Gasteiger partial charge in [-0.2, -0.15) is 0 Å². The van der Waals surface area contributed by atoms with Gasteiger partial charge < -0.3 is 10.5 Å². The standard InChI is InChI=1S/C18H21NO/c19-18(14-20-13-15-7-2-1-3-8-15)12-6-10-16-9-4-5-11-17(16)18/h1-5,7-9,11H,6,10,12-14,19H2. The van der Waals surface area contributed by atoms with E-state index in [0.29, 0.717) is 13.2 Å². The summed E-state index contributed by atoms with van der Waals surface area (Å²) in [4.78, 5) is 0. The van der Waals surface area contributed by atoms with Crippen molar-refractivity contribution in [3.63, 3.8) is 0 Å². The van der Waals surface area contributed by atoms with Crippen LogP contribution in [-0.4, -0.2) is 6.61 Å². The van der Waals surface area contributed by atoms with Gasteiger partial charge in [0, 0.05) is 0 Å². The number of hydrogen-bond donors (Lipinski definition) is 1. The molecule has 2 aromatic rings. The number of benzene rings is 2. The van der Waals surface area contributed by atoms with Gasteiger partial charge in [0.1, 0.15) is 0 Å². The second-order valence-electron chi connectivity index (χ2n) is 5.65. The molecule has 0 aromatic heterocycles. The first-order valence-electron chi connectivity index (χ1n) is 7.27. The molecule has 0 fully saturated rings. The summed E-state index contributed by atoms with van der Waals surface area (Å²) in [7, 11) is 0. The fourth-order valence-electron chi connectivity index (χ4n) is 3.03. The van der Waals surface area contributed by atoms with E-state index in [-0.39, 0.29) is 5.54 Å². The first kappa shape index (κ1) is 13.3. The van der Waals surface area contributed by atoms with Crippen LogP contribution < -0.4 is 5.73 Å². The summed E-state index contributed by atoms with van der Waals surface area (Å²) in [5.74, 6) is 0. The molecule has 1 atom stereocenters. The Morgan fingerprint density at radius 2 is 1.75 bits per heavy atom. The van der Waals surface area contributed by atoms with Crippen LogP contribution in [-0.2, 0) is 23.3 Å². The van der Waals surface area contributed by atoms with Crippen LogP contribution in [0.3, 0.4) is 0 Å². The minimum absolute atomic E-state index is 0.330. The van der Waals surface area contributed by atoms with E-state index in [1.54, 1.807) is 0 Å². The van der Waals surface area contributed by atoms with Crippen LogP contribution in [0.15, 0.2) is 54.6 Å². The maximum atomic E-state index is 6.61. The van der Waals surface area contributed by atoms with Crippen LogP contribution in [0.2, 0.25) is 0 Å². The van der Waals surface area contributed by atoms with Crippen molar-refractivity contribution in [2.75, 3.05) is 6.61 Å². The lowest BCUT2D eigenvalue weighted by Gasteiger charge is -2.35. The number of aryl methyl sites for hydroxylation is 1. The van der Waals surface area contributed by atoms with E-state index in [0.717, 1.165) is 19.3 Å². The van der Waals surface area contributed by atoms with Crippen LogP contribution in [0.4, 0.5) is 0 Å². The van der Waals surface area contributed by atoms with E-state index in [1.807, 2.05) is 18.2 Å². The summed E-state index contributed by atoms with van der Waals surface area (Å²) in [6.45, 7) is 1.21. The molecular weight excluding hydrogens is 246 g/mol. The SMILES string of the molecule is NC1(COCc2ccccc2)CCCc2ccccc21. The molecule has 1 aliphatic carbocycles. The van der Waals surface area contributed by atoms with Gasteiger partial charge in [-0.05, 0) is 36.0 Å². The van der Waals surface area contributed by atoms with E-state index in [4.69, 9.17) is 10.5 Å². The maximum Gasteiger partial charge on any atom is 0.0717 e. The van der Waals surface area contributed by atoms with Gasteiger partial charge in [-0.25, -0.2) is 0 Å². The normalized spacial score (nSPS) is 21.4. The van der Waals surface area contributed by atoms with E-state index < -0.39 is 0 Å². The van der Waals surface area contributed by atoms with Crippen molar-refractivity contribution in [3.05, 3.63) is 71.3 Å². The summed E-state index contributed by atoms with van der Waals surface area (Å²) < 4.78 is 5.89. The van der Waals surface area contributed by atoms with E-state index in [9.17, 15) is 0 Å². The van der Waals surface area contributed by atoms with Crippen LogP contribution in [0.1, 0.15) is 29.5 Å². The smallest absolute Gasteiger partial charge is 0.0717 e. The molecular formula is C18H21NO. The van der Waals surface area contributed by atoms with E-state index in [1.165, 1.54) is 16.7 Å². The molecule has 0 amide bonds. The third-order valence-electron chi connectivity index (χ3n) is 4.09. The van der Waals surface area contributed by atoms with Crippen molar-refractivity contribution < 1.29 is 4.74 Å². The minimum atomic E-state index is -0.330. The van der Waals surface area contributed by atoms with Crippen LogP contribution in [0.25, 0.3) is 0 Å². The third-order valence-corrected chi connectivity index (χ3v) is 4.09. The Morgan fingerprint density at radius 3 is 2.60 bits per heavy atom. The Hall–Kier alpha value is -1.64. The largest absolute Gasteiger partial charge is 0.375 e. The number of hydrogen-bond acceptors (Lipinski definition) is 2. The highest BCUT2D eigenvalue weighted by Crippen LogP contribution is 2.33. The molecule has 0 saturated carbocycles. The highest BCUT2D eigenvalue weighted by atomic mass is 16.5.